The smallest absolute Gasteiger partial charge is 0.461 e. The summed E-state index contributed by atoms with van der Waals surface area (Å²) in [5.41, 5.74) is 0.440. The van der Waals surface area contributed by atoms with Crippen LogP contribution in [0.1, 0.15) is 33.3 Å². The van der Waals surface area contributed by atoms with Crippen LogP contribution in [-0.4, -0.2) is 33.5 Å². The lowest BCUT2D eigenvalue weighted by Gasteiger charge is -2.32. The summed E-state index contributed by atoms with van der Waals surface area (Å²) >= 11 is 0. The maximum Gasteiger partial charge on any atom is 0.461 e. The van der Waals surface area contributed by atoms with Gasteiger partial charge >= 0.3 is 7.12 Å². The zero-order chi connectivity index (χ0) is 21.3. The second kappa shape index (κ2) is 8.13. The average Bonchev–Trinajstić information content (AvgIpc) is 2.88. The summed E-state index contributed by atoms with van der Waals surface area (Å²) < 4.78 is 18.3. The highest BCUT2D eigenvalue weighted by molar-refractivity contribution is 6.96. The van der Waals surface area contributed by atoms with E-state index in [9.17, 15) is 0 Å². The Balaban J connectivity index is 2.02. The molecule has 0 atom stereocenters. The van der Waals surface area contributed by atoms with Crippen molar-refractivity contribution in [3.05, 3.63) is 65.4 Å². The van der Waals surface area contributed by atoms with Crippen molar-refractivity contribution in [3.8, 4) is 5.75 Å². The van der Waals surface area contributed by atoms with Gasteiger partial charge in [-0.15, -0.1) is 0 Å². The van der Waals surface area contributed by atoms with Crippen molar-refractivity contribution < 1.29 is 14.0 Å². The molecule has 1 aliphatic heterocycles. The lowest BCUT2D eigenvalue weighted by atomic mass is 9.84. The minimum atomic E-state index is -1.94. The average molecular weight is 408 g/mol. The van der Waals surface area contributed by atoms with Crippen LogP contribution in [0, 0.1) is 0 Å². The molecule has 0 spiro atoms. The number of hydrogen-bond acceptors (Lipinski definition) is 3. The van der Waals surface area contributed by atoms with Gasteiger partial charge in [0.1, 0.15) is 13.8 Å². The minimum absolute atomic E-state index is 0.253. The molecule has 0 aromatic heterocycles. The molecule has 3 rings (SSSR count). The summed E-state index contributed by atoms with van der Waals surface area (Å²) in [6, 6.07) is 19.0. The van der Waals surface area contributed by atoms with Crippen molar-refractivity contribution in [1.29, 1.82) is 0 Å². The Labute approximate surface area is 177 Å². The van der Waals surface area contributed by atoms with Crippen molar-refractivity contribution in [3.63, 3.8) is 0 Å². The molecule has 0 unspecified atom stereocenters. The number of ether oxygens (including phenoxy) is 1. The second-order valence-corrected chi connectivity index (χ2v) is 13.8. The molecule has 3 nitrogen and oxygen atoms in total. The third kappa shape index (κ3) is 4.52. The van der Waals surface area contributed by atoms with Gasteiger partial charge in [-0.3, -0.25) is 0 Å². The Kier molecular flexibility index (Phi) is 6.14. The Morgan fingerprint density at radius 3 is 2.07 bits per heavy atom. The molecular weight excluding hydrogens is 375 g/mol. The van der Waals surface area contributed by atoms with E-state index in [-0.39, 0.29) is 18.3 Å². The van der Waals surface area contributed by atoms with Gasteiger partial charge in [0.2, 0.25) is 0 Å². The normalized spacial score (nSPS) is 18.7. The Bertz CT molecular complexity index is 859. The first-order chi connectivity index (χ1) is 13.6. The highest BCUT2D eigenvalue weighted by Crippen LogP contribution is 2.40. The fourth-order valence-corrected chi connectivity index (χ4v) is 6.33. The predicted molar refractivity (Wildman–Crippen MR) is 125 cm³/mol. The van der Waals surface area contributed by atoms with Gasteiger partial charge in [0.05, 0.1) is 18.3 Å². The van der Waals surface area contributed by atoms with E-state index in [4.69, 9.17) is 14.0 Å². The molecule has 5 heteroatoms. The molecule has 2 aromatic carbocycles. The molecule has 2 aromatic rings. The van der Waals surface area contributed by atoms with Crippen LogP contribution >= 0.6 is 0 Å². The molecule has 1 heterocycles. The molecule has 0 aliphatic carbocycles. The van der Waals surface area contributed by atoms with Crippen molar-refractivity contribution in [2.24, 2.45) is 0 Å². The van der Waals surface area contributed by atoms with E-state index in [1.54, 1.807) is 7.11 Å². The molecule has 29 heavy (non-hydrogen) atoms. The fourth-order valence-electron chi connectivity index (χ4n) is 3.74. The maximum atomic E-state index is 6.35. The van der Waals surface area contributed by atoms with E-state index in [1.165, 1.54) is 10.4 Å². The summed E-state index contributed by atoms with van der Waals surface area (Å²) in [5, 5.41) is 2.78. The molecule has 1 fully saturated rings. The summed E-state index contributed by atoms with van der Waals surface area (Å²) in [5.74, 6) is 0.886. The lowest BCUT2D eigenvalue weighted by Crippen LogP contribution is -2.45. The van der Waals surface area contributed by atoms with Gasteiger partial charge in [0.25, 0.3) is 0 Å². The summed E-state index contributed by atoms with van der Waals surface area (Å²) in [6.07, 6.45) is 3.04. The van der Waals surface area contributed by atoms with E-state index in [0.29, 0.717) is 0 Å². The molecule has 0 N–H and O–H groups in total. The van der Waals surface area contributed by atoms with Gasteiger partial charge in [0, 0.05) is 11.9 Å². The molecule has 0 radical (unpaired) electrons. The second-order valence-electron chi connectivity index (χ2n) is 9.29. The van der Waals surface area contributed by atoms with Crippen LogP contribution in [0.25, 0.3) is 6.08 Å². The third-order valence-corrected chi connectivity index (χ3v) is 10.2. The van der Waals surface area contributed by atoms with Gasteiger partial charge in [-0.1, -0.05) is 78.1 Å². The van der Waals surface area contributed by atoms with E-state index in [1.807, 2.05) is 12.1 Å². The summed E-state index contributed by atoms with van der Waals surface area (Å²) in [7, 11) is -0.473. The predicted octanol–water partition coefficient (Wildman–Crippen LogP) is 5.33. The number of methoxy groups -OCH3 is 1. The van der Waals surface area contributed by atoms with Crippen LogP contribution in [0.4, 0.5) is 0 Å². The van der Waals surface area contributed by atoms with Crippen LogP contribution < -0.4 is 9.92 Å². The van der Waals surface area contributed by atoms with Crippen LogP contribution in [0.15, 0.2) is 59.8 Å². The first-order valence-corrected chi connectivity index (χ1v) is 13.3. The summed E-state index contributed by atoms with van der Waals surface area (Å²) in [4.78, 5) is 0. The third-order valence-electron chi connectivity index (χ3n) is 6.46. The number of para-hydroxylation sites is 1. The first kappa shape index (κ1) is 21.9. The zero-order valence-corrected chi connectivity index (χ0v) is 19.8. The van der Waals surface area contributed by atoms with Crippen LogP contribution in [-0.2, 0) is 9.31 Å². The Hall–Kier alpha value is -1.82. The molecule has 1 aliphatic rings. The number of hydrogen-bond donors (Lipinski definition) is 0. The van der Waals surface area contributed by atoms with Crippen molar-refractivity contribution >= 4 is 26.5 Å². The number of rotatable bonds is 6. The van der Waals surface area contributed by atoms with Gasteiger partial charge in [-0.05, 0) is 33.8 Å². The highest BCUT2D eigenvalue weighted by atomic mass is 28.3. The number of allylic oxidation sites excluding steroid dienone is 1. The molecule has 1 saturated heterocycles. The van der Waals surface area contributed by atoms with Gasteiger partial charge < -0.3 is 14.0 Å². The summed E-state index contributed by atoms with van der Waals surface area (Å²) in [6.45, 7) is 13.2. The van der Waals surface area contributed by atoms with Crippen LogP contribution in [0.3, 0.4) is 0 Å². The van der Waals surface area contributed by atoms with Crippen LogP contribution in [0.2, 0.25) is 19.4 Å². The quantitative estimate of drug-likeness (QED) is 0.605. The molecule has 0 amide bonds. The topological polar surface area (TPSA) is 27.7 Å². The van der Waals surface area contributed by atoms with E-state index in [2.05, 4.69) is 89.3 Å². The Morgan fingerprint density at radius 1 is 0.931 bits per heavy atom. The molecular formula is C24H33BO3Si. The first-order valence-electron chi connectivity index (χ1n) is 10.3. The monoisotopic (exact) mass is 408 g/mol. The van der Waals surface area contributed by atoms with E-state index < -0.39 is 8.07 Å². The highest BCUT2D eigenvalue weighted by Gasteiger charge is 2.51. The van der Waals surface area contributed by atoms with Crippen molar-refractivity contribution in [1.82, 2.24) is 0 Å². The van der Waals surface area contributed by atoms with Crippen LogP contribution in [0.5, 0.6) is 5.75 Å². The lowest BCUT2D eigenvalue weighted by molar-refractivity contribution is 0.00578. The SMILES string of the molecule is COc1ccccc1/C=C(\CB1OC(C)(C)C(C)(C)O1)[Si](C)(C)c1ccccc1. The van der Waals surface area contributed by atoms with E-state index >= 15 is 0 Å². The van der Waals surface area contributed by atoms with Gasteiger partial charge in [0.15, 0.2) is 0 Å². The molecule has 0 saturated carbocycles. The molecule has 0 bridgehead atoms. The Morgan fingerprint density at radius 2 is 1.48 bits per heavy atom. The van der Waals surface area contributed by atoms with Gasteiger partial charge in [-0.25, -0.2) is 0 Å². The molecule has 154 valence electrons. The fraction of sp³-hybridized carbons (Fsp3) is 0.417. The van der Waals surface area contributed by atoms with Gasteiger partial charge in [-0.2, -0.15) is 0 Å². The number of benzene rings is 2. The standard InChI is InChI=1S/C24H33BO3Si/c1-23(2)24(3,4)28-25(27-23)18-21(17-19-13-11-12-16-22(19)26-5)29(6,7)20-14-9-8-10-15-20/h8-17H,18H2,1-7H3/b21-17+. The largest absolute Gasteiger partial charge is 0.496 e. The minimum Gasteiger partial charge on any atom is -0.496 e. The zero-order valence-electron chi connectivity index (χ0n) is 18.8. The van der Waals surface area contributed by atoms with Crippen molar-refractivity contribution in [2.75, 3.05) is 7.11 Å². The maximum absolute atomic E-state index is 6.35. The van der Waals surface area contributed by atoms with E-state index in [0.717, 1.165) is 17.6 Å². The van der Waals surface area contributed by atoms with Crippen molar-refractivity contribution in [2.45, 2.75) is 58.3 Å².